The van der Waals surface area contributed by atoms with Crippen LogP contribution in [0.4, 0.5) is 0 Å². The van der Waals surface area contributed by atoms with E-state index in [0.717, 1.165) is 18.7 Å². The number of nitrogens with one attached hydrogen (secondary N) is 1. The molecule has 0 fully saturated rings. The van der Waals surface area contributed by atoms with Gasteiger partial charge in [0.25, 0.3) is 5.91 Å². The zero-order valence-electron chi connectivity index (χ0n) is 16.1. The largest absolute Gasteiger partial charge is 0.350 e. The van der Waals surface area contributed by atoms with Gasteiger partial charge in [0.15, 0.2) is 10.8 Å². The second-order valence-corrected chi connectivity index (χ2v) is 7.97. The predicted octanol–water partition coefficient (Wildman–Crippen LogP) is 2.95. The van der Waals surface area contributed by atoms with Gasteiger partial charge in [-0.2, -0.15) is 0 Å². The summed E-state index contributed by atoms with van der Waals surface area (Å²) in [7, 11) is 2.11. The first-order valence-electron chi connectivity index (χ1n) is 9.48. The molecule has 0 bridgehead atoms. The Morgan fingerprint density at radius 2 is 1.96 bits per heavy atom. The molecule has 0 saturated heterocycles. The standard InChI is InChI=1S/C21H23N5OS/c1-3-17-18(28-21(25-17)19-22-9-6-10-23-19)20(27)24-12-16-11-14-7-4-5-8-15(14)13-26(16)2/h4-10,16H,3,11-13H2,1-2H3,(H,24,27). The summed E-state index contributed by atoms with van der Waals surface area (Å²) in [5.74, 6) is 0.494. The van der Waals surface area contributed by atoms with Gasteiger partial charge in [0.05, 0.1) is 5.69 Å². The average molecular weight is 394 g/mol. The van der Waals surface area contributed by atoms with Crippen LogP contribution in [0.3, 0.4) is 0 Å². The molecule has 1 N–H and O–H groups in total. The van der Waals surface area contributed by atoms with E-state index in [1.54, 1.807) is 18.5 Å². The SMILES string of the molecule is CCc1nc(-c2ncccn2)sc1C(=O)NCC1Cc2ccccc2CN1C. The minimum atomic E-state index is -0.0659. The topological polar surface area (TPSA) is 71.0 Å². The van der Waals surface area contributed by atoms with Crippen LogP contribution in [-0.2, 0) is 19.4 Å². The number of rotatable bonds is 5. The van der Waals surface area contributed by atoms with Crippen molar-refractivity contribution in [2.45, 2.75) is 32.4 Å². The summed E-state index contributed by atoms with van der Waals surface area (Å²) in [4.78, 5) is 28.9. The zero-order valence-corrected chi connectivity index (χ0v) is 16.9. The summed E-state index contributed by atoms with van der Waals surface area (Å²) < 4.78 is 0. The van der Waals surface area contributed by atoms with Gasteiger partial charge >= 0.3 is 0 Å². The number of nitrogens with zero attached hydrogens (tertiary/aromatic N) is 4. The van der Waals surface area contributed by atoms with Crippen molar-refractivity contribution in [3.8, 4) is 10.8 Å². The first-order valence-corrected chi connectivity index (χ1v) is 10.3. The molecule has 4 rings (SSSR count). The molecule has 144 valence electrons. The number of benzene rings is 1. The van der Waals surface area contributed by atoms with Gasteiger partial charge in [-0.1, -0.05) is 31.2 Å². The van der Waals surface area contributed by atoms with Crippen molar-refractivity contribution in [3.63, 3.8) is 0 Å². The van der Waals surface area contributed by atoms with E-state index in [-0.39, 0.29) is 11.9 Å². The minimum Gasteiger partial charge on any atom is -0.350 e. The van der Waals surface area contributed by atoms with Crippen molar-refractivity contribution in [3.05, 3.63) is 64.4 Å². The molecule has 28 heavy (non-hydrogen) atoms. The lowest BCUT2D eigenvalue weighted by molar-refractivity contribution is 0.0937. The van der Waals surface area contributed by atoms with Crippen LogP contribution < -0.4 is 5.32 Å². The number of amides is 1. The number of carbonyl (C=O) groups excluding carboxylic acids is 1. The molecule has 2 aromatic heterocycles. The number of carbonyl (C=O) groups is 1. The van der Waals surface area contributed by atoms with Gasteiger partial charge in [-0.15, -0.1) is 11.3 Å². The van der Waals surface area contributed by atoms with E-state index in [2.05, 4.69) is 56.5 Å². The third-order valence-electron chi connectivity index (χ3n) is 5.11. The van der Waals surface area contributed by atoms with Crippen LogP contribution in [0, 0.1) is 0 Å². The predicted molar refractivity (Wildman–Crippen MR) is 110 cm³/mol. The van der Waals surface area contributed by atoms with Crippen LogP contribution in [0.2, 0.25) is 0 Å². The Bertz CT molecular complexity index is 972. The first-order chi connectivity index (χ1) is 13.7. The third-order valence-corrected chi connectivity index (χ3v) is 6.20. The smallest absolute Gasteiger partial charge is 0.263 e. The molecular weight excluding hydrogens is 370 g/mol. The second kappa shape index (κ2) is 8.16. The molecule has 3 heterocycles. The second-order valence-electron chi connectivity index (χ2n) is 6.97. The molecule has 1 unspecified atom stereocenters. The van der Waals surface area contributed by atoms with Crippen molar-refractivity contribution in [2.24, 2.45) is 0 Å². The summed E-state index contributed by atoms with van der Waals surface area (Å²) >= 11 is 1.36. The summed E-state index contributed by atoms with van der Waals surface area (Å²) in [6, 6.07) is 10.6. The number of aromatic nitrogens is 3. The molecular formula is C21H23N5OS. The molecule has 1 aliphatic heterocycles. The summed E-state index contributed by atoms with van der Waals surface area (Å²) in [6.45, 7) is 3.53. The van der Waals surface area contributed by atoms with Crippen molar-refractivity contribution >= 4 is 17.2 Å². The van der Waals surface area contributed by atoms with Crippen LogP contribution in [0.5, 0.6) is 0 Å². The number of fused-ring (bicyclic) bond motifs is 1. The molecule has 6 nitrogen and oxygen atoms in total. The van der Waals surface area contributed by atoms with Gasteiger partial charge in [-0.25, -0.2) is 15.0 Å². The maximum Gasteiger partial charge on any atom is 0.263 e. The van der Waals surface area contributed by atoms with E-state index in [9.17, 15) is 4.79 Å². The van der Waals surface area contributed by atoms with E-state index >= 15 is 0 Å². The number of likely N-dealkylation sites (N-methyl/N-ethyl adjacent to an activating group) is 1. The number of hydrogen-bond acceptors (Lipinski definition) is 6. The van der Waals surface area contributed by atoms with E-state index in [1.807, 2.05) is 6.92 Å². The van der Waals surface area contributed by atoms with Crippen LogP contribution in [0.15, 0.2) is 42.7 Å². The minimum absolute atomic E-state index is 0.0659. The Hall–Kier alpha value is -2.64. The highest BCUT2D eigenvalue weighted by molar-refractivity contribution is 7.17. The Morgan fingerprint density at radius 3 is 2.71 bits per heavy atom. The Kier molecular flexibility index (Phi) is 5.45. The fraction of sp³-hybridized carbons (Fsp3) is 0.333. The van der Waals surface area contributed by atoms with Crippen molar-refractivity contribution < 1.29 is 4.79 Å². The van der Waals surface area contributed by atoms with Crippen molar-refractivity contribution in [2.75, 3.05) is 13.6 Å². The molecule has 1 aliphatic rings. The molecule has 1 aromatic carbocycles. The average Bonchev–Trinajstić information content (AvgIpc) is 3.17. The lowest BCUT2D eigenvalue weighted by Crippen LogP contribution is -2.45. The molecule has 0 spiro atoms. The van der Waals surface area contributed by atoms with Gasteiger partial charge in [-0.05, 0) is 37.1 Å². The lowest BCUT2D eigenvalue weighted by atomic mass is 9.94. The van der Waals surface area contributed by atoms with Crippen LogP contribution in [-0.4, -0.2) is 45.4 Å². The quantitative estimate of drug-likeness (QED) is 0.722. The molecule has 0 aliphatic carbocycles. The Labute approximate surface area is 168 Å². The van der Waals surface area contributed by atoms with Crippen LogP contribution in [0.1, 0.15) is 33.4 Å². The highest BCUT2D eigenvalue weighted by Crippen LogP contribution is 2.26. The maximum atomic E-state index is 12.9. The molecule has 1 amide bonds. The number of aryl methyl sites for hydroxylation is 1. The summed E-state index contributed by atoms with van der Waals surface area (Å²) in [6.07, 6.45) is 5.01. The molecule has 7 heteroatoms. The normalized spacial score (nSPS) is 16.6. The van der Waals surface area contributed by atoms with Gasteiger partial charge in [0.1, 0.15) is 4.88 Å². The number of hydrogen-bond donors (Lipinski definition) is 1. The number of thiazole rings is 1. The van der Waals surface area contributed by atoms with Crippen molar-refractivity contribution in [1.29, 1.82) is 0 Å². The summed E-state index contributed by atoms with van der Waals surface area (Å²) in [5, 5.41) is 3.80. The molecule has 0 saturated carbocycles. The van der Waals surface area contributed by atoms with Gasteiger partial charge in [-0.3, -0.25) is 9.69 Å². The Morgan fingerprint density at radius 1 is 1.21 bits per heavy atom. The fourth-order valence-corrected chi connectivity index (χ4v) is 4.53. The van der Waals surface area contributed by atoms with Gasteiger partial charge in [0, 0.05) is 31.5 Å². The highest BCUT2D eigenvalue weighted by atomic mass is 32.1. The van der Waals surface area contributed by atoms with E-state index in [4.69, 9.17) is 0 Å². The molecule has 0 radical (unpaired) electrons. The summed E-state index contributed by atoms with van der Waals surface area (Å²) in [5.41, 5.74) is 3.54. The van der Waals surface area contributed by atoms with Crippen LogP contribution >= 0.6 is 11.3 Å². The monoisotopic (exact) mass is 393 g/mol. The Balaban J connectivity index is 1.46. The van der Waals surface area contributed by atoms with E-state index in [1.165, 1.54) is 22.5 Å². The maximum absolute atomic E-state index is 12.9. The van der Waals surface area contributed by atoms with E-state index in [0.29, 0.717) is 28.7 Å². The van der Waals surface area contributed by atoms with Crippen LogP contribution in [0.25, 0.3) is 10.8 Å². The van der Waals surface area contributed by atoms with E-state index < -0.39 is 0 Å². The first kappa shape index (κ1) is 18.7. The zero-order chi connectivity index (χ0) is 19.5. The van der Waals surface area contributed by atoms with Crippen molar-refractivity contribution in [1.82, 2.24) is 25.2 Å². The fourth-order valence-electron chi connectivity index (χ4n) is 3.51. The third kappa shape index (κ3) is 3.81. The lowest BCUT2D eigenvalue weighted by Gasteiger charge is -2.34. The van der Waals surface area contributed by atoms with Gasteiger partial charge < -0.3 is 5.32 Å². The van der Waals surface area contributed by atoms with Gasteiger partial charge in [0.2, 0.25) is 0 Å². The molecule has 1 atom stereocenters. The highest BCUT2D eigenvalue weighted by Gasteiger charge is 2.25. The molecule has 3 aromatic rings.